The highest BCUT2D eigenvalue weighted by Crippen LogP contribution is 2.29. The van der Waals surface area contributed by atoms with E-state index in [1.807, 2.05) is 25.1 Å². The fourth-order valence-electron chi connectivity index (χ4n) is 1.72. The molecule has 0 saturated carbocycles. The van der Waals surface area contributed by atoms with Crippen molar-refractivity contribution in [1.82, 2.24) is 10.2 Å². The first-order valence-electron chi connectivity index (χ1n) is 6.57. The number of aryl methyl sites for hydroxylation is 1. The molecule has 2 aromatic heterocycles. The van der Waals surface area contributed by atoms with E-state index in [1.54, 1.807) is 35.2 Å². The van der Waals surface area contributed by atoms with Crippen LogP contribution in [0.5, 0.6) is 0 Å². The van der Waals surface area contributed by atoms with E-state index < -0.39 is 0 Å². The molecule has 3 rings (SSSR count). The van der Waals surface area contributed by atoms with Gasteiger partial charge in [-0.3, -0.25) is 10.1 Å². The Hall–Kier alpha value is -1.70. The highest BCUT2D eigenvalue weighted by atomic mass is 32.2. The molecule has 1 aromatic carbocycles. The predicted octanol–water partition coefficient (Wildman–Crippen LogP) is 4.45. The van der Waals surface area contributed by atoms with Gasteiger partial charge >= 0.3 is 0 Å². The molecular weight excluding hydrogens is 334 g/mol. The van der Waals surface area contributed by atoms with E-state index in [0.29, 0.717) is 10.7 Å². The van der Waals surface area contributed by atoms with Crippen molar-refractivity contribution < 1.29 is 4.79 Å². The first kappa shape index (κ1) is 15.2. The molecule has 0 unspecified atom stereocenters. The number of benzene rings is 1. The molecule has 0 spiro atoms. The van der Waals surface area contributed by atoms with Gasteiger partial charge in [0, 0.05) is 16.2 Å². The van der Waals surface area contributed by atoms with E-state index in [9.17, 15) is 4.79 Å². The quantitative estimate of drug-likeness (QED) is 0.547. The van der Waals surface area contributed by atoms with Crippen LogP contribution in [0.25, 0.3) is 0 Å². The Morgan fingerprint density at radius 1 is 1.23 bits per heavy atom. The molecule has 4 nitrogen and oxygen atoms in total. The maximum atomic E-state index is 12.1. The topological polar surface area (TPSA) is 54.9 Å². The lowest BCUT2D eigenvalue weighted by Gasteiger charge is -2.01. The Bertz CT molecular complexity index is 751. The zero-order valence-corrected chi connectivity index (χ0v) is 14.2. The first-order valence-corrected chi connectivity index (χ1v) is 9.25. The Balaban J connectivity index is 1.59. The summed E-state index contributed by atoms with van der Waals surface area (Å²) in [6, 6.07) is 11.6. The molecule has 1 N–H and O–H groups in total. The number of nitrogens with zero attached hydrogens (tertiary/aromatic N) is 2. The lowest BCUT2D eigenvalue weighted by molar-refractivity contribution is 0.102. The van der Waals surface area contributed by atoms with Crippen LogP contribution in [0, 0.1) is 6.92 Å². The molecule has 0 atom stereocenters. The third kappa shape index (κ3) is 3.94. The standard InChI is InChI=1S/C15H13N3OS3/c1-10-4-6-11(7-5-10)13(19)16-14-17-18-15(22-14)21-9-12-3-2-8-20-12/h2-8H,9H2,1H3,(H,16,17,19). The molecule has 22 heavy (non-hydrogen) atoms. The smallest absolute Gasteiger partial charge is 0.257 e. The number of hydrogen-bond acceptors (Lipinski definition) is 6. The van der Waals surface area contributed by atoms with Crippen molar-refractivity contribution in [3.63, 3.8) is 0 Å². The Labute approximate surface area is 140 Å². The second kappa shape index (κ2) is 7.04. The van der Waals surface area contributed by atoms with Gasteiger partial charge in [0.15, 0.2) is 4.34 Å². The number of nitrogens with one attached hydrogen (secondary N) is 1. The van der Waals surface area contributed by atoms with Crippen LogP contribution in [0.2, 0.25) is 0 Å². The maximum absolute atomic E-state index is 12.1. The monoisotopic (exact) mass is 347 g/mol. The van der Waals surface area contributed by atoms with Crippen LogP contribution in [0.1, 0.15) is 20.8 Å². The Morgan fingerprint density at radius 3 is 2.77 bits per heavy atom. The van der Waals surface area contributed by atoms with E-state index in [0.717, 1.165) is 15.7 Å². The van der Waals surface area contributed by atoms with Crippen molar-refractivity contribution in [1.29, 1.82) is 0 Å². The summed E-state index contributed by atoms with van der Waals surface area (Å²) in [6.07, 6.45) is 0. The number of anilines is 1. The number of rotatable bonds is 5. The molecule has 0 radical (unpaired) electrons. The summed E-state index contributed by atoms with van der Waals surface area (Å²) in [4.78, 5) is 13.4. The van der Waals surface area contributed by atoms with Crippen molar-refractivity contribution >= 4 is 45.5 Å². The fraction of sp³-hybridized carbons (Fsp3) is 0.133. The summed E-state index contributed by atoms with van der Waals surface area (Å²) < 4.78 is 0.854. The summed E-state index contributed by atoms with van der Waals surface area (Å²) in [5.74, 6) is 0.712. The zero-order valence-electron chi connectivity index (χ0n) is 11.8. The number of carbonyl (C=O) groups excluding carboxylic acids is 1. The van der Waals surface area contributed by atoms with E-state index >= 15 is 0 Å². The van der Waals surface area contributed by atoms with Crippen molar-refractivity contribution in [2.45, 2.75) is 17.0 Å². The van der Waals surface area contributed by atoms with Gasteiger partial charge in [0.05, 0.1) is 0 Å². The number of thiophene rings is 1. The Kier molecular flexibility index (Phi) is 4.87. The molecule has 0 bridgehead atoms. The highest BCUT2D eigenvalue weighted by Gasteiger charge is 2.10. The molecule has 0 aliphatic rings. The van der Waals surface area contributed by atoms with Crippen molar-refractivity contribution in [2.24, 2.45) is 0 Å². The van der Waals surface area contributed by atoms with E-state index in [4.69, 9.17) is 0 Å². The van der Waals surface area contributed by atoms with Gasteiger partial charge in [-0.2, -0.15) is 0 Å². The molecule has 0 aliphatic heterocycles. The average Bonchev–Trinajstić information content (AvgIpc) is 3.17. The van der Waals surface area contributed by atoms with Crippen LogP contribution in [-0.2, 0) is 5.75 Å². The number of carbonyl (C=O) groups is 1. The number of aromatic nitrogens is 2. The van der Waals surface area contributed by atoms with Crippen molar-refractivity contribution in [3.05, 3.63) is 57.8 Å². The minimum absolute atomic E-state index is 0.161. The normalized spacial score (nSPS) is 10.6. The van der Waals surface area contributed by atoms with E-state index in [1.165, 1.54) is 16.2 Å². The van der Waals surface area contributed by atoms with Gasteiger partial charge in [-0.15, -0.1) is 21.5 Å². The third-order valence-electron chi connectivity index (χ3n) is 2.86. The molecule has 0 fully saturated rings. The minimum atomic E-state index is -0.161. The summed E-state index contributed by atoms with van der Waals surface area (Å²) in [6.45, 7) is 1.99. The van der Waals surface area contributed by atoms with Gasteiger partial charge in [0.25, 0.3) is 5.91 Å². The summed E-state index contributed by atoms with van der Waals surface area (Å²) in [7, 11) is 0. The van der Waals surface area contributed by atoms with Crippen LogP contribution in [0.3, 0.4) is 0 Å². The van der Waals surface area contributed by atoms with Gasteiger partial charge in [0.1, 0.15) is 0 Å². The van der Waals surface area contributed by atoms with Gasteiger partial charge < -0.3 is 0 Å². The van der Waals surface area contributed by atoms with Gasteiger partial charge in [-0.25, -0.2) is 0 Å². The third-order valence-corrected chi connectivity index (χ3v) is 5.94. The van der Waals surface area contributed by atoms with Crippen molar-refractivity contribution in [2.75, 3.05) is 5.32 Å². The minimum Gasteiger partial charge on any atom is -0.296 e. The molecule has 1 amide bonds. The summed E-state index contributed by atoms with van der Waals surface area (Å²) >= 11 is 4.75. The largest absolute Gasteiger partial charge is 0.296 e. The van der Waals surface area contributed by atoms with Gasteiger partial charge in [-0.05, 0) is 30.5 Å². The number of amides is 1. The fourth-order valence-corrected chi connectivity index (χ4v) is 4.24. The van der Waals surface area contributed by atoms with Crippen molar-refractivity contribution in [3.8, 4) is 0 Å². The first-order chi connectivity index (χ1) is 10.7. The average molecular weight is 347 g/mol. The van der Waals surface area contributed by atoms with Gasteiger partial charge in [0.2, 0.25) is 5.13 Å². The molecule has 7 heteroatoms. The predicted molar refractivity (Wildman–Crippen MR) is 92.9 cm³/mol. The molecule has 3 aromatic rings. The second-order valence-electron chi connectivity index (χ2n) is 4.56. The Morgan fingerprint density at radius 2 is 2.05 bits per heavy atom. The molecule has 2 heterocycles. The number of hydrogen-bond donors (Lipinski definition) is 1. The lowest BCUT2D eigenvalue weighted by atomic mass is 10.1. The van der Waals surface area contributed by atoms with Crippen LogP contribution in [0.15, 0.2) is 46.1 Å². The maximum Gasteiger partial charge on any atom is 0.257 e. The molecule has 112 valence electrons. The van der Waals surface area contributed by atoms with Crippen LogP contribution in [-0.4, -0.2) is 16.1 Å². The highest BCUT2D eigenvalue weighted by molar-refractivity contribution is 8.00. The molecular formula is C15H13N3OS3. The van der Waals surface area contributed by atoms with E-state index in [-0.39, 0.29) is 5.91 Å². The van der Waals surface area contributed by atoms with E-state index in [2.05, 4.69) is 27.0 Å². The number of thioether (sulfide) groups is 1. The summed E-state index contributed by atoms with van der Waals surface area (Å²) in [5.41, 5.74) is 1.74. The van der Waals surface area contributed by atoms with Crippen LogP contribution < -0.4 is 5.32 Å². The summed E-state index contributed by atoms with van der Waals surface area (Å²) in [5, 5.41) is 13.5. The molecule has 0 aliphatic carbocycles. The van der Waals surface area contributed by atoms with Gasteiger partial charge in [-0.1, -0.05) is 46.9 Å². The molecule has 0 saturated heterocycles. The lowest BCUT2D eigenvalue weighted by Crippen LogP contribution is -2.11. The zero-order chi connectivity index (χ0) is 15.4. The van der Waals surface area contributed by atoms with Crippen LogP contribution >= 0.6 is 34.4 Å². The van der Waals surface area contributed by atoms with Crippen LogP contribution in [0.4, 0.5) is 5.13 Å². The second-order valence-corrected chi connectivity index (χ2v) is 7.79. The SMILES string of the molecule is Cc1ccc(C(=O)Nc2nnc(SCc3cccs3)s2)cc1.